The first-order valence-corrected chi connectivity index (χ1v) is 7.21. The standard InChI is InChI=1S/C15H27N3O/c1-12-13(9-15(19-12)10-16-2)11-18(4)14-5-7-17(3)8-6-14/h9,14,16H,5-8,10-11H2,1-4H3. The molecule has 2 heterocycles. The van der Waals surface area contributed by atoms with Crippen molar-refractivity contribution in [3.63, 3.8) is 0 Å². The number of nitrogens with one attached hydrogen (secondary N) is 1. The van der Waals surface area contributed by atoms with Crippen molar-refractivity contribution in [3.05, 3.63) is 23.2 Å². The van der Waals surface area contributed by atoms with E-state index in [1.165, 1.54) is 31.5 Å². The third-order valence-corrected chi connectivity index (χ3v) is 4.15. The summed E-state index contributed by atoms with van der Waals surface area (Å²) in [4.78, 5) is 4.90. The summed E-state index contributed by atoms with van der Waals surface area (Å²) in [5.74, 6) is 2.09. The Bertz CT molecular complexity index is 394. The van der Waals surface area contributed by atoms with Gasteiger partial charge in [-0.25, -0.2) is 0 Å². The maximum atomic E-state index is 5.76. The van der Waals surface area contributed by atoms with E-state index in [-0.39, 0.29) is 0 Å². The number of hydrogen-bond donors (Lipinski definition) is 1. The molecule has 1 aromatic rings. The van der Waals surface area contributed by atoms with E-state index < -0.39 is 0 Å². The van der Waals surface area contributed by atoms with Crippen LogP contribution in [-0.2, 0) is 13.1 Å². The maximum Gasteiger partial charge on any atom is 0.118 e. The van der Waals surface area contributed by atoms with Gasteiger partial charge in [0.15, 0.2) is 0 Å². The van der Waals surface area contributed by atoms with Crippen molar-refractivity contribution in [2.24, 2.45) is 0 Å². The van der Waals surface area contributed by atoms with Crippen molar-refractivity contribution in [2.45, 2.75) is 38.9 Å². The SMILES string of the molecule is CNCc1cc(CN(C)C2CCN(C)CC2)c(C)o1. The van der Waals surface area contributed by atoms with Crippen LogP contribution in [0.15, 0.2) is 10.5 Å². The minimum Gasteiger partial charge on any atom is -0.465 e. The first-order valence-electron chi connectivity index (χ1n) is 7.21. The number of furan rings is 1. The van der Waals surface area contributed by atoms with Crippen LogP contribution in [0.3, 0.4) is 0 Å². The van der Waals surface area contributed by atoms with Gasteiger partial charge >= 0.3 is 0 Å². The molecule has 1 aliphatic rings. The summed E-state index contributed by atoms with van der Waals surface area (Å²) < 4.78 is 5.76. The smallest absolute Gasteiger partial charge is 0.118 e. The third-order valence-electron chi connectivity index (χ3n) is 4.15. The molecule has 0 amide bonds. The summed E-state index contributed by atoms with van der Waals surface area (Å²) in [6.45, 7) is 6.29. The molecule has 0 unspecified atom stereocenters. The highest BCUT2D eigenvalue weighted by Gasteiger charge is 2.21. The van der Waals surface area contributed by atoms with Crippen LogP contribution in [0, 0.1) is 6.92 Å². The van der Waals surface area contributed by atoms with Crippen molar-refractivity contribution in [1.29, 1.82) is 0 Å². The van der Waals surface area contributed by atoms with Gasteiger partial charge in [0.1, 0.15) is 11.5 Å². The Hall–Kier alpha value is -0.840. The zero-order chi connectivity index (χ0) is 13.8. The lowest BCUT2D eigenvalue weighted by molar-refractivity contribution is 0.139. The van der Waals surface area contributed by atoms with E-state index in [9.17, 15) is 0 Å². The molecule has 1 N–H and O–H groups in total. The largest absolute Gasteiger partial charge is 0.465 e. The summed E-state index contributed by atoms with van der Waals surface area (Å²) >= 11 is 0. The lowest BCUT2D eigenvalue weighted by atomic mass is 10.0. The minimum atomic E-state index is 0.707. The average Bonchev–Trinajstić information content (AvgIpc) is 2.71. The van der Waals surface area contributed by atoms with E-state index in [2.05, 4.69) is 42.2 Å². The summed E-state index contributed by atoms with van der Waals surface area (Å²) in [7, 11) is 6.39. The predicted octanol–water partition coefficient (Wildman–Crippen LogP) is 1.83. The van der Waals surface area contributed by atoms with Gasteiger partial charge in [-0.2, -0.15) is 0 Å². The van der Waals surface area contributed by atoms with Gasteiger partial charge in [0, 0.05) is 18.2 Å². The molecule has 0 spiro atoms. The molecule has 1 aliphatic heterocycles. The van der Waals surface area contributed by atoms with E-state index in [0.29, 0.717) is 6.04 Å². The molecule has 0 bridgehead atoms. The Balaban J connectivity index is 1.92. The van der Waals surface area contributed by atoms with Crippen LogP contribution in [0.1, 0.15) is 29.9 Å². The van der Waals surface area contributed by atoms with Crippen LogP contribution < -0.4 is 5.32 Å². The molecule has 4 heteroatoms. The van der Waals surface area contributed by atoms with Gasteiger partial charge in [0.25, 0.3) is 0 Å². The highest BCUT2D eigenvalue weighted by atomic mass is 16.3. The second kappa shape index (κ2) is 6.55. The monoisotopic (exact) mass is 265 g/mol. The molecule has 0 atom stereocenters. The molecule has 0 saturated carbocycles. The van der Waals surface area contributed by atoms with Crippen molar-refractivity contribution >= 4 is 0 Å². The number of hydrogen-bond acceptors (Lipinski definition) is 4. The van der Waals surface area contributed by atoms with Gasteiger partial charge < -0.3 is 14.6 Å². The fourth-order valence-corrected chi connectivity index (χ4v) is 2.84. The Morgan fingerprint density at radius 2 is 2.11 bits per heavy atom. The summed E-state index contributed by atoms with van der Waals surface area (Å²) in [5.41, 5.74) is 1.33. The second-order valence-corrected chi connectivity index (χ2v) is 5.77. The molecule has 1 saturated heterocycles. The summed E-state index contributed by atoms with van der Waals surface area (Å²) in [6, 6.07) is 2.90. The molecule has 4 nitrogen and oxygen atoms in total. The van der Waals surface area contributed by atoms with Gasteiger partial charge in [-0.1, -0.05) is 0 Å². The van der Waals surface area contributed by atoms with E-state index in [1.807, 2.05) is 7.05 Å². The zero-order valence-corrected chi connectivity index (χ0v) is 12.7. The maximum absolute atomic E-state index is 5.76. The quantitative estimate of drug-likeness (QED) is 0.880. The van der Waals surface area contributed by atoms with E-state index in [4.69, 9.17) is 4.42 Å². The minimum absolute atomic E-state index is 0.707. The average molecular weight is 265 g/mol. The number of likely N-dealkylation sites (tertiary alicyclic amines) is 1. The summed E-state index contributed by atoms with van der Waals surface area (Å²) in [6.07, 6.45) is 2.54. The molecular weight excluding hydrogens is 238 g/mol. The van der Waals surface area contributed by atoms with Gasteiger partial charge in [0.2, 0.25) is 0 Å². The van der Waals surface area contributed by atoms with Gasteiger partial charge in [-0.3, -0.25) is 4.90 Å². The van der Waals surface area contributed by atoms with Crippen LogP contribution in [0.25, 0.3) is 0 Å². The van der Waals surface area contributed by atoms with Gasteiger partial charge in [0.05, 0.1) is 6.54 Å². The predicted molar refractivity (Wildman–Crippen MR) is 78.2 cm³/mol. The van der Waals surface area contributed by atoms with Crippen molar-refractivity contribution in [3.8, 4) is 0 Å². The van der Waals surface area contributed by atoms with Gasteiger partial charge in [-0.15, -0.1) is 0 Å². The topological polar surface area (TPSA) is 31.6 Å². The first kappa shape index (κ1) is 14.6. The molecular formula is C15H27N3O. The molecule has 1 aromatic heterocycles. The molecule has 0 aromatic carbocycles. The lowest BCUT2D eigenvalue weighted by Crippen LogP contribution is -2.41. The Morgan fingerprint density at radius 3 is 2.74 bits per heavy atom. The molecule has 19 heavy (non-hydrogen) atoms. The van der Waals surface area contributed by atoms with Crippen LogP contribution in [0.4, 0.5) is 0 Å². The number of rotatable bonds is 5. The first-order chi connectivity index (χ1) is 9.10. The number of aryl methyl sites for hydroxylation is 1. The van der Waals surface area contributed by atoms with Gasteiger partial charge in [-0.05, 0) is 60.1 Å². The normalized spacial score (nSPS) is 18.4. The van der Waals surface area contributed by atoms with E-state index in [1.54, 1.807) is 0 Å². The van der Waals surface area contributed by atoms with Crippen LogP contribution in [0.2, 0.25) is 0 Å². The Labute approximate surface area is 116 Å². The number of piperidine rings is 1. The molecule has 108 valence electrons. The Morgan fingerprint density at radius 1 is 1.42 bits per heavy atom. The fraction of sp³-hybridized carbons (Fsp3) is 0.733. The molecule has 0 aliphatic carbocycles. The second-order valence-electron chi connectivity index (χ2n) is 5.77. The molecule has 1 fully saturated rings. The fourth-order valence-electron chi connectivity index (χ4n) is 2.84. The van der Waals surface area contributed by atoms with Crippen molar-refractivity contribution in [1.82, 2.24) is 15.1 Å². The zero-order valence-electron chi connectivity index (χ0n) is 12.7. The molecule has 2 rings (SSSR count). The van der Waals surface area contributed by atoms with Crippen LogP contribution in [0.5, 0.6) is 0 Å². The van der Waals surface area contributed by atoms with Crippen LogP contribution >= 0.6 is 0 Å². The highest BCUT2D eigenvalue weighted by molar-refractivity contribution is 5.20. The van der Waals surface area contributed by atoms with Crippen molar-refractivity contribution < 1.29 is 4.42 Å². The number of nitrogens with zero attached hydrogens (tertiary/aromatic N) is 2. The third kappa shape index (κ3) is 3.81. The Kier molecular flexibility index (Phi) is 5.02. The van der Waals surface area contributed by atoms with Crippen LogP contribution in [-0.4, -0.2) is 50.1 Å². The van der Waals surface area contributed by atoms with E-state index >= 15 is 0 Å². The lowest BCUT2D eigenvalue weighted by Gasteiger charge is -2.35. The summed E-state index contributed by atoms with van der Waals surface area (Å²) in [5, 5.41) is 3.13. The molecule has 0 radical (unpaired) electrons. The van der Waals surface area contributed by atoms with Crippen molar-refractivity contribution in [2.75, 3.05) is 34.2 Å². The highest BCUT2D eigenvalue weighted by Crippen LogP contribution is 2.20. The van der Waals surface area contributed by atoms with E-state index in [0.717, 1.165) is 24.6 Å².